The Balaban J connectivity index is 1.52. The van der Waals surface area contributed by atoms with E-state index in [0.717, 1.165) is 32.0 Å². The van der Waals surface area contributed by atoms with Gasteiger partial charge < -0.3 is 20.3 Å². The normalized spacial score (nSPS) is 16.9. The lowest BCUT2D eigenvalue weighted by molar-refractivity contribution is -0.115. The van der Waals surface area contributed by atoms with Crippen molar-refractivity contribution < 1.29 is 27.1 Å². The fraction of sp³-hybridized carbons (Fsp3) is 0.391. The molecular formula is C23H27FN4O5S. The molecule has 2 saturated heterocycles. The summed E-state index contributed by atoms with van der Waals surface area (Å²) in [6, 6.07) is 10.2. The zero-order valence-corrected chi connectivity index (χ0v) is 19.4. The van der Waals surface area contributed by atoms with Gasteiger partial charge in [-0.1, -0.05) is 12.1 Å². The van der Waals surface area contributed by atoms with Gasteiger partial charge in [0, 0.05) is 26.2 Å². The third-order valence-corrected chi connectivity index (χ3v) is 7.72. The molecule has 0 atom stereocenters. The number of nitrogens with zero attached hydrogens (tertiary/aromatic N) is 2. The fourth-order valence-corrected chi connectivity index (χ4v) is 5.48. The lowest BCUT2D eigenvalue weighted by atomic mass is 10.2. The molecule has 0 unspecified atom stereocenters. The van der Waals surface area contributed by atoms with Gasteiger partial charge in [-0.05, 0) is 43.2 Å². The number of ether oxygens (including phenoxy) is 1. The van der Waals surface area contributed by atoms with Crippen LogP contribution in [0.5, 0.6) is 0 Å². The van der Waals surface area contributed by atoms with Crippen LogP contribution in [0.2, 0.25) is 0 Å². The molecule has 2 aliphatic rings. The number of morpholine rings is 1. The number of sulfonamides is 1. The van der Waals surface area contributed by atoms with Gasteiger partial charge in [0.2, 0.25) is 15.9 Å². The number of carbonyl (C=O) groups excluding carboxylic acids is 2. The molecule has 2 aliphatic heterocycles. The minimum absolute atomic E-state index is 0.0723. The summed E-state index contributed by atoms with van der Waals surface area (Å²) in [6.45, 7) is 2.38. The summed E-state index contributed by atoms with van der Waals surface area (Å²) in [5.41, 5.74) is 0.903. The Morgan fingerprint density at radius 3 is 2.41 bits per heavy atom. The van der Waals surface area contributed by atoms with Crippen LogP contribution >= 0.6 is 0 Å². The zero-order valence-electron chi connectivity index (χ0n) is 18.6. The van der Waals surface area contributed by atoms with Crippen LogP contribution in [0.4, 0.5) is 15.8 Å². The van der Waals surface area contributed by atoms with Crippen LogP contribution in [0.15, 0.2) is 47.4 Å². The molecule has 2 heterocycles. The molecule has 2 aromatic rings. The first-order valence-electron chi connectivity index (χ1n) is 11.2. The van der Waals surface area contributed by atoms with E-state index >= 15 is 0 Å². The molecule has 2 N–H and O–H groups in total. The van der Waals surface area contributed by atoms with Gasteiger partial charge in [-0.2, -0.15) is 4.31 Å². The average Bonchev–Trinajstić information content (AvgIpc) is 3.38. The molecule has 182 valence electrons. The molecule has 0 aromatic heterocycles. The van der Waals surface area contributed by atoms with Gasteiger partial charge in [0.05, 0.1) is 41.6 Å². The van der Waals surface area contributed by atoms with Crippen molar-refractivity contribution in [1.29, 1.82) is 0 Å². The van der Waals surface area contributed by atoms with Crippen LogP contribution in [0.25, 0.3) is 0 Å². The Labute approximate surface area is 197 Å². The lowest BCUT2D eigenvalue weighted by Gasteiger charge is -2.27. The van der Waals surface area contributed by atoms with Crippen molar-refractivity contribution in [3.63, 3.8) is 0 Å². The maximum Gasteiger partial charge on any atom is 0.254 e. The second-order valence-electron chi connectivity index (χ2n) is 8.10. The molecule has 4 rings (SSSR count). The number of hydrogen-bond acceptors (Lipinski definition) is 6. The molecule has 9 nitrogen and oxygen atoms in total. The van der Waals surface area contributed by atoms with Crippen molar-refractivity contribution in [2.75, 3.05) is 56.2 Å². The van der Waals surface area contributed by atoms with Gasteiger partial charge in [-0.3, -0.25) is 9.59 Å². The van der Waals surface area contributed by atoms with E-state index in [1.807, 2.05) is 0 Å². The summed E-state index contributed by atoms with van der Waals surface area (Å²) < 4.78 is 46.7. The SMILES string of the molecule is O=C(CNC(=O)c1ccccc1F)Nc1cc(S(=O)(=O)N2CCOCC2)ccc1N1CCCC1. The van der Waals surface area contributed by atoms with Crippen molar-refractivity contribution in [2.24, 2.45) is 0 Å². The number of hydrogen-bond donors (Lipinski definition) is 2. The third kappa shape index (κ3) is 5.37. The topological polar surface area (TPSA) is 108 Å². The smallest absolute Gasteiger partial charge is 0.254 e. The molecule has 34 heavy (non-hydrogen) atoms. The van der Waals surface area contributed by atoms with Crippen molar-refractivity contribution in [2.45, 2.75) is 17.7 Å². The highest BCUT2D eigenvalue weighted by Crippen LogP contribution is 2.32. The predicted molar refractivity (Wildman–Crippen MR) is 125 cm³/mol. The second kappa shape index (κ2) is 10.5. The monoisotopic (exact) mass is 490 g/mol. The Hall–Kier alpha value is -3.02. The molecule has 2 fully saturated rings. The largest absolute Gasteiger partial charge is 0.379 e. The van der Waals surface area contributed by atoms with E-state index in [0.29, 0.717) is 24.6 Å². The summed E-state index contributed by atoms with van der Waals surface area (Å²) in [5, 5.41) is 5.13. The van der Waals surface area contributed by atoms with E-state index in [9.17, 15) is 22.4 Å². The number of halogens is 1. The first kappa shape index (κ1) is 24.1. The molecule has 11 heteroatoms. The van der Waals surface area contributed by atoms with E-state index in [1.165, 1.54) is 28.6 Å². The fourth-order valence-electron chi connectivity index (χ4n) is 4.04. The molecule has 0 radical (unpaired) electrons. The van der Waals surface area contributed by atoms with Gasteiger partial charge in [0.1, 0.15) is 5.82 Å². The van der Waals surface area contributed by atoms with Crippen molar-refractivity contribution >= 4 is 33.2 Å². The average molecular weight is 491 g/mol. The van der Waals surface area contributed by atoms with Gasteiger partial charge in [0.15, 0.2) is 0 Å². The molecule has 0 bridgehead atoms. The standard InChI is InChI=1S/C23H27FN4O5S/c24-19-6-2-1-5-18(19)23(30)25-16-22(29)26-20-15-17(7-8-21(20)27-9-3-4-10-27)34(31,32)28-11-13-33-14-12-28/h1-2,5-8,15H,3-4,9-14,16H2,(H,25,30)(H,26,29). The summed E-state index contributed by atoms with van der Waals surface area (Å²) in [4.78, 5) is 27.0. The van der Waals surface area contributed by atoms with E-state index < -0.39 is 34.2 Å². The Morgan fingerprint density at radius 1 is 1.00 bits per heavy atom. The maximum atomic E-state index is 13.8. The van der Waals surface area contributed by atoms with E-state index in [-0.39, 0.29) is 23.5 Å². The summed E-state index contributed by atoms with van der Waals surface area (Å²) in [6.07, 6.45) is 2.00. The van der Waals surface area contributed by atoms with Crippen LogP contribution in [0.3, 0.4) is 0 Å². The van der Waals surface area contributed by atoms with Crippen LogP contribution in [0, 0.1) is 5.82 Å². The minimum Gasteiger partial charge on any atom is -0.379 e. The highest BCUT2D eigenvalue weighted by atomic mass is 32.2. The molecule has 2 aromatic carbocycles. The Bertz CT molecular complexity index is 1160. The third-order valence-electron chi connectivity index (χ3n) is 5.82. The highest BCUT2D eigenvalue weighted by molar-refractivity contribution is 7.89. The molecule has 0 spiro atoms. The van der Waals surface area contributed by atoms with Gasteiger partial charge in [-0.25, -0.2) is 12.8 Å². The minimum atomic E-state index is -3.76. The molecule has 0 saturated carbocycles. The molecule has 0 aliphatic carbocycles. The number of nitrogens with one attached hydrogen (secondary N) is 2. The first-order valence-corrected chi connectivity index (χ1v) is 12.6. The van der Waals surface area contributed by atoms with Crippen LogP contribution in [0.1, 0.15) is 23.2 Å². The number of anilines is 2. The molecular weight excluding hydrogens is 463 g/mol. The quantitative estimate of drug-likeness (QED) is 0.613. The van der Waals surface area contributed by atoms with Crippen molar-refractivity contribution in [3.05, 3.63) is 53.8 Å². The summed E-state index contributed by atoms with van der Waals surface area (Å²) >= 11 is 0. The lowest BCUT2D eigenvalue weighted by Crippen LogP contribution is -2.40. The number of rotatable bonds is 7. The van der Waals surface area contributed by atoms with Gasteiger partial charge >= 0.3 is 0 Å². The Morgan fingerprint density at radius 2 is 1.71 bits per heavy atom. The van der Waals surface area contributed by atoms with Crippen LogP contribution in [-0.2, 0) is 19.6 Å². The van der Waals surface area contributed by atoms with E-state index in [4.69, 9.17) is 4.74 Å². The van der Waals surface area contributed by atoms with Crippen LogP contribution < -0.4 is 15.5 Å². The van der Waals surface area contributed by atoms with E-state index in [1.54, 1.807) is 12.1 Å². The predicted octanol–water partition coefficient (Wildman–Crippen LogP) is 1.82. The van der Waals surface area contributed by atoms with Crippen molar-refractivity contribution in [3.8, 4) is 0 Å². The number of amides is 2. The Kier molecular flexibility index (Phi) is 7.44. The van der Waals surface area contributed by atoms with Crippen molar-refractivity contribution in [1.82, 2.24) is 9.62 Å². The van der Waals surface area contributed by atoms with Gasteiger partial charge in [-0.15, -0.1) is 0 Å². The second-order valence-corrected chi connectivity index (χ2v) is 10.0. The van der Waals surface area contributed by atoms with Crippen LogP contribution in [-0.4, -0.2) is 70.5 Å². The first-order chi connectivity index (χ1) is 16.4. The maximum absolute atomic E-state index is 13.8. The highest BCUT2D eigenvalue weighted by Gasteiger charge is 2.28. The van der Waals surface area contributed by atoms with E-state index in [2.05, 4.69) is 15.5 Å². The summed E-state index contributed by atoms with van der Waals surface area (Å²) in [7, 11) is -3.76. The van der Waals surface area contributed by atoms with Gasteiger partial charge in [0.25, 0.3) is 5.91 Å². The summed E-state index contributed by atoms with van der Waals surface area (Å²) in [5.74, 6) is -1.94. The number of carbonyl (C=O) groups is 2. The zero-order chi connectivity index (χ0) is 24.1. The molecule has 2 amide bonds. The number of benzene rings is 2.